The monoisotopic (exact) mass is 431 g/mol. The van der Waals surface area contributed by atoms with Gasteiger partial charge in [-0.1, -0.05) is 109 Å². The molecule has 0 N–H and O–H groups in total. The topological polar surface area (TPSA) is 12.9 Å². The van der Waals surface area contributed by atoms with E-state index in [1.807, 2.05) is 33.0 Å². The van der Waals surface area contributed by atoms with Crippen LogP contribution in [0.2, 0.25) is 19.6 Å². The molecule has 0 fully saturated rings. The van der Waals surface area contributed by atoms with Gasteiger partial charge in [-0.2, -0.15) is 0 Å². The Kier molecular flexibility index (Phi) is 5.60. The summed E-state index contributed by atoms with van der Waals surface area (Å²) in [5.41, 5.74) is 5.12. The van der Waals surface area contributed by atoms with Gasteiger partial charge in [-0.15, -0.1) is 0 Å². The molecule has 1 heterocycles. The highest BCUT2D eigenvalue weighted by atomic mass is 28.3. The first kappa shape index (κ1) is 20.7. The molecule has 0 radical (unpaired) electrons. The number of pyridine rings is 1. The highest BCUT2D eigenvalue weighted by molar-refractivity contribution is 6.88. The molecule has 0 aliphatic heterocycles. The van der Waals surface area contributed by atoms with Crippen molar-refractivity contribution < 1.29 is 2.74 Å². The average Bonchev–Trinajstić information content (AvgIpc) is 2.71. The van der Waals surface area contributed by atoms with Crippen molar-refractivity contribution in [3.8, 4) is 22.4 Å². The first-order valence-electron chi connectivity index (χ1n) is 12.2. The van der Waals surface area contributed by atoms with E-state index in [-0.39, 0.29) is 5.41 Å². The van der Waals surface area contributed by atoms with Crippen LogP contribution in [0.15, 0.2) is 60.8 Å². The maximum absolute atomic E-state index is 8.99. The van der Waals surface area contributed by atoms with Gasteiger partial charge in [-0.25, -0.2) is 0 Å². The molecular weight excluding hydrogens is 390 g/mol. The third-order valence-electron chi connectivity index (χ3n) is 5.46. The van der Waals surface area contributed by atoms with Gasteiger partial charge in [-0.05, 0) is 51.6 Å². The van der Waals surface area contributed by atoms with Gasteiger partial charge < -0.3 is 0 Å². The molecule has 2 heteroatoms. The summed E-state index contributed by atoms with van der Waals surface area (Å²) in [5, 5.41) is 1.45. The van der Waals surface area contributed by atoms with Crippen LogP contribution >= 0.6 is 0 Å². The van der Waals surface area contributed by atoms with Crippen LogP contribution in [0.25, 0.3) is 22.4 Å². The van der Waals surface area contributed by atoms with Gasteiger partial charge in [0.05, 0.1) is 13.8 Å². The fraction of sp³-hybridized carbons (Fsp3) is 0.414. The molecule has 164 valence electrons. The lowest BCUT2D eigenvalue weighted by atomic mass is 9.79. The van der Waals surface area contributed by atoms with Crippen molar-refractivity contribution in [2.45, 2.75) is 73.0 Å². The Hall–Kier alpha value is -2.19. The minimum absolute atomic E-state index is 0.195. The van der Waals surface area contributed by atoms with Crippen molar-refractivity contribution >= 4 is 13.3 Å². The average molecular weight is 432 g/mol. The van der Waals surface area contributed by atoms with E-state index in [4.69, 9.17) is 7.73 Å². The number of rotatable bonds is 4. The van der Waals surface area contributed by atoms with Gasteiger partial charge in [0.2, 0.25) is 0 Å². The summed E-state index contributed by atoms with van der Waals surface area (Å²) in [7, 11) is -1.33. The second-order valence-electron chi connectivity index (χ2n) is 11.6. The minimum atomic E-state index is -1.49. The maximum atomic E-state index is 8.99. The van der Waals surface area contributed by atoms with Crippen molar-refractivity contribution in [3.05, 3.63) is 71.9 Å². The molecule has 0 amide bonds. The maximum Gasteiger partial charge on any atom is 0.0775 e. The quantitative estimate of drug-likeness (QED) is 0.383. The number of nitrogens with zero attached hydrogens (tertiary/aromatic N) is 1. The molecule has 3 aromatic rings. The van der Waals surface area contributed by atoms with Gasteiger partial charge in [0, 0.05) is 14.5 Å². The first-order chi connectivity index (χ1) is 15.0. The SMILES string of the molecule is [2H]C([2H])(c1cc(-c2cccc(-c3ccc([Si](C)(C)C)cc3)c2)ncc1C(C)(C)C)C(C)(C)C. The molecule has 0 atom stereocenters. The van der Waals surface area contributed by atoms with E-state index >= 15 is 0 Å². The van der Waals surface area contributed by atoms with E-state index in [1.54, 1.807) is 0 Å². The summed E-state index contributed by atoms with van der Waals surface area (Å²) in [4.78, 5) is 4.79. The van der Waals surface area contributed by atoms with Gasteiger partial charge in [-0.3, -0.25) is 4.98 Å². The molecule has 1 aromatic heterocycles. The van der Waals surface area contributed by atoms with Crippen molar-refractivity contribution in [1.29, 1.82) is 0 Å². The second-order valence-corrected chi connectivity index (χ2v) is 16.7. The molecule has 3 rings (SSSR count). The summed E-state index contributed by atoms with van der Waals surface area (Å²) in [6.07, 6.45) is 0.390. The lowest BCUT2D eigenvalue weighted by molar-refractivity contribution is 0.406. The van der Waals surface area contributed by atoms with Crippen LogP contribution in [0.5, 0.6) is 0 Å². The summed E-state index contributed by atoms with van der Waals surface area (Å²) >= 11 is 0. The zero-order valence-electron chi connectivity index (χ0n) is 22.7. The van der Waals surface area contributed by atoms with Crippen LogP contribution in [0.1, 0.15) is 55.4 Å². The highest BCUT2D eigenvalue weighted by Crippen LogP contribution is 2.33. The largest absolute Gasteiger partial charge is 0.256 e. The Balaban J connectivity index is 2.10. The summed E-state index contributed by atoms with van der Waals surface area (Å²) in [6, 6.07) is 19.4. The highest BCUT2D eigenvalue weighted by Gasteiger charge is 2.23. The van der Waals surface area contributed by atoms with Gasteiger partial charge in [0.25, 0.3) is 0 Å². The lowest BCUT2D eigenvalue weighted by Crippen LogP contribution is -2.37. The fourth-order valence-electron chi connectivity index (χ4n) is 3.74. The Morgan fingerprint density at radius 1 is 0.806 bits per heavy atom. The molecule has 0 saturated heterocycles. The molecule has 1 nitrogen and oxygen atoms in total. The molecule has 0 saturated carbocycles. The first-order valence-corrected chi connectivity index (χ1v) is 14.7. The Labute approximate surface area is 193 Å². The lowest BCUT2D eigenvalue weighted by Gasteiger charge is -2.27. The normalized spacial score (nSPS) is 14.2. The predicted octanol–water partition coefficient (Wildman–Crippen LogP) is 7.85. The number of benzene rings is 2. The van der Waals surface area contributed by atoms with Crippen molar-refractivity contribution in [1.82, 2.24) is 4.98 Å². The molecule has 0 spiro atoms. The molecule has 0 aliphatic rings. The number of hydrogen-bond acceptors (Lipinski definition) is 1. The Morgan fingerprint density at radius 3 is 1.97 bits per heavy atom. The number of hydrogen-bond donors (Lipinski definition) is 0. The zero-order chi connectivity index (χ0) is 24.8. The van der Waals surface area contributed by atoms with Gasteiger partial charge >= 0.3 is 0 Å². The Morgan fingerprint density at radius 2 is 1.42 bits per heavy atom. The number of aromatic nitrogens is 1. The van der Waals surface area contributed by atoms with E-state index < -0.39 is 19.9 Å². The summed E-state index contributed by atoms with van der Waals surface area (Å²) < 4.78 is 18.0. The third kappa shape index (κ3) is 5.95. The van der Waals surface area contributed by atoms with Crippen LogP contribution < -0.4 is 5.19 Å². The fourth-order valence-corrected chi connectivity index (χ4v) is 4.91. The van der Waals surface area contributed by atoms with Crippen LogP contribution in [-0.4, -0.2) is 13.1 Å². The Bertz CT molecular complexity index is 1130. The molecular formula is C29H39NSi. The molecule has 31 heavy (non-hydrogen) atoms. The second kappa shape index (κ2) is 8.39. The van der Waals surface area contributed by atoms with Crippen LogP contribution in [0, 0.1) is 5.41 Å². The van der Waals surface area contributed by atoms with E-state index in [1.165, 1.54) is 10.8 Å². The van der Waals surface area contributed by atoms with E-state index in [0.717, 1.165) is 27.9 Å². The van der Waals surface area contributed by atoms with E-state index in [9.17, 15) is 0 Å². The van der Waals surface area contributed by atoms with Crippen molar-refractivity contribution in [2.24, 2.45) is 5.41 Å². The molecule has 0 bridgehead atoms. The van der Waals surface area contributed by atoms with Crippen molar-refractivity contribution in [3.63, 3.8) is 0 Å². The predicted molar refractivity (Wildman–Crippen MR) is 140 cm³/mol. The van der Waals surface area contributed by atoms with Gasteiger partial charge in [0.15, 0.2) is 0 Å². The van der Waals surface area contributed by atoms with E-state index in [2.05, 4.69) is 88.9 Å². The van der Waals surface area contributed by atoms with Gasteiger partial charge in [0.1, 0.15) is 0 Å². The molecule has 0 unspecified atom stereocenters. The van der Waals surface area contributed by atoms with Crippen molar-refractivity contribution in [2.75, 3.05) is 0 Å². The standard InChI is InChI=1S/C29H39NSi/c1-28(2,3)19-24-18-27(30-20-26(24)29(4,5)6)23-12-10-11-22(17-23)21-13-15-25(16-14-21)31(7,8)9/h10-18,20H,19H2,1-9H3/i19D2. The van der Waals surface area contributed by atoms with Crippen LogP contribution in [-0.2, 0) is 11.8 Å². The zero-order valence-corrected chi connectivity index (χ0v) is 21.7. The van der Waals surface area contributed by atoms with E-state index in [0.29, 0.717) is 0 Å². The summed E-state index contributed by atoms with van der Waals surface area (Å²) in [6.45, 7) is 19.3. The molecule has 0 aliphatic carbocycles. The third-order valence-corrected chi connectivity index (χ3v) is 7.53. The minimum Gasteiger partial charge on any atom is -0.256 e. The smallest absolute Gasteiger partial charge is 0.0775 e. The van der Waals surface area contributed by atoms with Crippen LogP contribution in [0.4, 0.5) is 0 Å². The molecule has 2 aromatic carbocycles. The van der Waals surface area contributed by atoms with Crippen LogP contribution in [0.3, 0.4) is 0 Å². The summed E-state index contributed by atoms with van der Waals surface area (Å²) in [5.74, 6) is 0.